The molecule has 278 valence electrons. The largest absolute Gasteiger partial charge is 0.472 e. The highest BCUT2D eigenvalue weighted by Gasteiger charge is 2.27. The zero-order valence-corrected chi connectivity index (χ0v) is 30.6. The number of carbonyl (C=O) groups is 2. The van der Waals surface area contributed by atoms with Crippen LogP contribution in [-0.2, 0) is 32.7 Å². The number of aliphatic hydroxyl groups excluding tert-OH is 2. The molecule has 1 unspecified atom stereocenters. The van der Waals surface area contributed by atoms with E-state index < -0.39 is 51.8 Å². The lowest BCUT2D eigenvalue weighted by molar-refractivity contribution is -0.161. The molecule has 10 nitrogen and oxygen atoms in total. The molecule has 0 fully saturated rings. The number of allylic oxidation sites excluding steroid dienone is 2. The lowest BCUT2D eigenvalue weighted by Crippen LogP contribution is -2.29. The Labute approximate surface area is 286 Å². The van der Waals surface area contributed by atoms with Gasteiger partial charge in [0.2, 0.25) is 0 Å². The van der Waals surface area contributed by atoms with Gasteiger partial charge in [-0.1, -0.05) is 129 Å². The van der Waals surface area contributed by atoms with Crippen molar-refractivity contribution < 1.29 is 47.8 Å². The molecule has 0 spiro atoms. The van der Waals surface area contributed by atoms with Crippen LogP contribution < -0.4 is 0 Å². The van der Waals surface area contributed by atoms with E-state index in [0.29, 0.717) is 12.8 Å². The van der Waals surface area contributed by atoms with Gasteiger partial charge in [-0.2, -0.15) is 0 Å². The molecule has 0 aromatic carbocycles. The first-order chi connectivity index (χ1) is 22.7. The molecule has 0 rings (SSSR count). The van der Waals surface area contributed by atoms with Gasteiger partial charge in [0.15, 0.2) is 6.10 Å². The second kappa shape index (κ2) is 33.2. The summed E-state index contributed by atoms with van der Waals surface area (Å²) >= 11 is 0. The normalized spacial score (nSPS) is 14.2. The molecule has 0 heterocycles. The minimum absolute atomic E-state index is 0.182. The molecule has 0 aromatic rings. The number of aliphatic hydroxyl groups is 2. The van der Waals surface area contributed by atoms with Crippen molar-refractivity contribution in [3.63, 3.8) is 0 Å². The van der Waals surface area contributed by atoms with Crippen LogP contribution in [-0.4, -0.2) is 65.7 Å². The molecular weight excluding hydrogens is 623 g/mol. The zero-order valence-electron chi connectivity index (χ0n) is 29.8. The summed E-state index contributed by atoms with van der Waals surface area (Å²) in [5, 5.41) is 18.2. The standard InChI is InChI=1S/C36H69O10P/c1-3-5-7-9-11-13-14-15-16-17-18-20-22-24-26-28-36(40)46-34(32-45-47(41,42)44-30-33(38)29-37)31-43-35(39)27-25-23-21-19-12-10-8-6-4-2/h13-14,33-34,37-38H,3-12,15-32H2,1-2H3,(H,41,42)/b14-13-/t33-,34+/m0/s1. The zero-order chi connectivity index (χ0) is 34.9. The molecule has 0 saturated carbocycles. The molecule has 0 aliphatic carbocycles. The molecule has 0 saturated heterocycles. The van der Waals surface area contributed by atoms with Crippen LogP contribution in [0.4, 0.5) is 0 Å². The summed E-state index contributed by atoms with van der Waals surface area (Å²) in [5.74, 6) is -0.929. The van der Waals surface area contributed by atoms with Gasteiger partial charge in [-0.05, 0) is 38.5 Å². The third kappa shape index (κ3) is 33.0. The lowest BCUT2D eigenvalue weighted by atomic mass is 10.1. The number of hydrogen-bond donors (Lipinski definition) is 3. The quantitative estimate of drug-likeness (QED) is 0.0254. The van der Waals surface area contributed by atoms with E-state index in [2.05, 4.69) is 30.5 Å². The average molecular weight is 693 g/mol. The summed E-state index contributed by atoms with van der Waals surface area (Å²) in [6.45, 7) is 2.33. The molecule has 0 aliphatic heterocycles. The van der Waals surface area contributed by atoms with Crippen molar-refractivity contribution in [1.29, 1.82) is 0 Å². The molecule has 11 heteroatoms. The molecular formula is C36H69O10P. The van der Waals surface area contributed by atoms with E-state index in [1.165, 1.54) is 83.5 Å². The Morgan fingerprint density at radius 3 is 1.55 bits per heavy atom. The maximum Gasteiger partial charge on any atom is 0.472 e. The van der Waals surface area contributed by atoms with Crippen LogP contribution >= 0.6 is 7.82 Å². The molecule has 0 aliphatic rings. The third-order valence-corrected chi connectivity index (χ3v) is 8.87. The Morgan fingerprint density at radius 1 is 0.617 bits per heavy atom. The minimum Gasteiger partial charge on any atom is -0.462 e. The van der Waals surface area contributed by atoms with Gasteiger partial charge in [0, 0.05) is 12.8 Å². The second-order valence-electron chi connectivity index (χ2n) is 12.6. The van der Waals surface area contributed by atoms with Crippen LogP contribution in [0, 0.1) is 0 Å². The van der Waals surface area contributed by atoms with Crippen LogP contribution in [0.1, 0.15) is 168 Å². The smallest absolute Gasteiger partial charge is 0.462 e. The second-order valence-corrected chi connectivity index (χ2v) is 14.1. The van der Waals surface area contributed by atoms with Gasteiger partial charge in [0.05, 0.1) is 19.8 Å². The Hall–Kier alpha value is -1.29. The first-order valence-electron chi connectivity index (χ1n) is 18.6. The van der Waals surface area contributed by atoms with Gasteiger partial charge in [-0.3, -0.25) is 18.6 Å². The monoisotopic (exact) mass is 692 g/mol. The van der Waals surface area contributed by atoms with Crippen molar-refractivity contribution >= 4 is 19.8 Å². The van der Waals surface area contributed by atoms with E-state index >= 15 is 0 Å². The first-order valence-corrected chi connectivity index (χ1v) is 20.1. The van der Waals surface area contributed by atoms with Crippen molar-refractivity contribution in [2.45, 2.75) is 180 Å². The number of rotatable bonds is 35. The number of phosphoric ester groups is 1. The van der Waals surface area contributed by atoms with Crippen molar-refractivity contribution in [3.8, 4) is 0 Å². The predicted octanol–water partition coefficient (Wildman–Crippen LogP) is 8.89. The highest BCUT2D eigenvalue weighted by atomic mass is 31.2. The maximum absolute atomic E-state index is 12.5. The van der Waals surface area contributed by atoms with E-state index in [9.17, 15) is 24.2 Å². The van der Waals surface area contributed by atoms with E-state index in [4.69, 9.17) is 19.1 Å². The number of hydrogen-bond acceptors (Lipinski definition) is 9. The third-order valence-electron chi connectivity index (χ3n) is 7.92. The Balaban J connectivity index is 4.35. The van der Waals surface area contributed by atoms with Gasteiger partial charge in [0.1, 0.15) is 12.7 Å². The Kier molecular flexibility index (Phi) is 32.3. The number of ether oxygens (including phenoxy) is 2. The average Bonchev–Trinajstić information content (AvgIpc) is 3.05. The van der Waals surface area contributed by atoms with Gasteiger partial charge in [-0.15, -0.1) is 0 Å². The summed E-state index contributed by atoms with van der Waals surface area (Å²) in [6, 6.07) is 0. The summed E-state index contributed by atoms with van der Waals surface area (Å²) in [5.41, 5.74) is 0. The molecule has 3 atom stereocenters. The van der Waals surface area contributed by atoms with Gasteiger partial charge in [-0.25, -0.2) is 4.57 Å². The summed E-state index contributed by atoms with van der Waals surface area (Å²) in [4.78, 5) is 34.7. The predicted molar refractivity (Wildman–Crippen MR) is 187 cm³/mol. The van der Waals surface area contributed by atoms with Crippen LogP contribution in [0.5, 0.6) is 0 Å². The number of carbonyl (C=O) groups excluding carboxylic acids is 2. The molecule has 3 N–H and O–H groups in total. The summed E-state index contributed by atoms with van der Waals surface area (Å²) in [6.07, 6.45) is 27.6. The summed E-state index contributed by atoms with van der Waals surface area (Å²) in [7, 11) is -4.60. The van der Waals surface area contributed by atoms with Crippen LogP contribution in [0.15, 0.2) is 12.2 Å². The van der Waals surface area contributed by atoms with E-state index in [1.807, 2.05) is 0 Å². The fraction of sp³-hybridized carbons (Fsp3) is 0.889. The fourth-order valence-electron chi connectivity index (χ4n) is 4.99. The SMILES string of the molecule is CCCCCC/C=C\CCCCCCCCCC(=O)O[C@H](COC(=O)CCCCCCCCCCC)COP(=O)(O)OC[C@@H](O)CO. The number of unbranched alkanes of at least 4 members (excludes halogenated alkanes) is 19. The highest BCUT2D eigenvalue weighted by Crippen LogP contribution is 2.43. The maximum atomic E-state index is 12.5. The summed E-state index contributed by atoms with van der Waals surface area (Å²) < 4.78 is 32.5. The lowest BCUT2D eigenvalue weighted by Gasteiger charge is -2.20. The van der Waals surface area contributed by atoms with Gasteiger partial charge in [0.25, 0.3) is 0 Å². The Morgan fingerprint density at radius 2 is 1.04 bits per heavy atom. The molecule has 0 bridgehead atoms. The number of phosphoric acid groups is 1. The van der Waals surface area contributed by atoms with Crippen molar-refractivity contribution in [3.05, 3.63) is 12.2 Å². The Bertz CT molecular complexity index is 807. The fourth-order valence-corrected chi connectivity index (χ4v) is 5.78. The van der Waals surface area contributed by atoms with Crippen LogP contribution in [0.3, 0.4) is 0 Å². The van der Waals surface area contributed by atoms with Gasteiger partial charge >= 0.3 is 19.8 Å². The first kappa shape index (κ1) is 45.7. The molecule has 0 aromatic heterocycles. The molecule has 0 radical (unpaired) electrons. The van der Waals surface area contributed by atoms with Gasteiger partial charge < -0.3 is 24.6 Å². The van der Waals surface area contributed by atoms with Crippen molar-refractivity contribution in [2.75, 3.05) is 26.4 Å². The molecule has 47 heavy (non-hydrogen) atoms. The topological polar surface area (TPSA) is 149 Å². The van der Waals surface area contributed by atoms with E-state index in [-0.39, 0.29) is 19.4 Å². The minimum atomic E-state index is -4.60. The van der Waals surface area contributed by atoms with Crippen LogP contribution in [0.25, 0.3) is 0 Å². The number of esters is 2. The molecule has 0 amide bonds. The van der Waals surface area contributed by atoms with Crippen LogP contribution in [0.2, 0.25) is 0 Å². The highest BCUT2D eigenvalue weighted by molar-refractivity contribution is 7.47. The van der Waals surface area contributed by atoms with Crippen molar-refractivity contribution in [2.24, 2.45) is 0 Å². The van der Waals surface area contributed by atoms with E-state index in [0.717, 1.165) is 44.9 Å². The van der Waals surface area contributed by atoms with Crippen molar-refractivity contribution in [1.82, 2.24) is 0 Å². The van der Waals surface area contributed by atoms with E-state index in [1.54, 1.807) is 0 Å².